The van der Waals surface area contributed by atoms with Crippen LogP contribution >= 0.6 is 0 Å². The number of allylic oxidation sites excluding steroid dienone is 1. The van der Waals surface area contributed by atoms with E-state index < -0.39 is 20.5 Å². The molecular formula is C14H20N2O5S. The number of amides is 1. The Morgan fingerprint density at radius 3 is 2.82 bits per heavy atom. The van der Waals surface area contributed by atoms with Gasteiger partial charge < -0.3 is 4.52 Å². The Kier molecular flexibility index (Phi) is 4.72. The van der Waals surface area contributed by atoms with Crippen molar-refractivity contribution in [2.75, 3.05) is 6.26 Å². The molecule has 1 aliphatic rings. The molecule has 2 N–H and O–H groups in total. The van der Waals surface area contributed by atoms with E-state index in [0.29, 0.717) is 17.4 Å². The van der Waals surface area contributed by atoms with Crippen molar-refractivity contribution in [1.82, 2.24) is 10.6 Å². The zero-order valence-electron chi connectivity index (χ0n) is 12.6. The van der Waals surface area contributed by atoms with Crippen LogP contribution in [0, 0.1) is 5.92 Å². The molecule has 8 heteroatoms. The van der Waals surface area contributed by atoms with E-state index in [4.69, 9.17) is 9.73 Å². The fourth-order valence-corrected chi connectivity index (χ4v) is 2.85. The van der Waals surface area contributed by atoms with Crippen LogP contribution in [0.5, 0.6) is 0 Å². The maximum absolute atomic E-state index is 11.8. The van der Waals surface area contributed by atoms with Crippen LogP contribution in [-0.4, -0.2) is 35.7 Å². The highest BCUT2D eigenvalue weighted by molar-refractivity contribution is 7.92. The maximum atomic E-state index is 11.8. The van der Waals surface area contributed by atoms with Crippen LogP contribution in [0.25, 0.3) is 6.08 Å². The minimum atomic E-state index is -3.70. The van der Waals surface area contributed by atoms with E-state index in [1.165, 1.54) is 25.2 Å². The molecular weight excluding hydrogens is 308 g/mol. The molecule has 22 heavy (non-hydrogen) atoms. The quantitative estimate of drug-likeness (QED) is 0.577. The SMILES string of the molecule is CC(CCc1cc(/C=C/C2CC2)on1)(C(=O)NO)S(C)(=O)=O. The average molecular weight is 328 g/mol. The number of carbonyl (C=O) groups is 1. The van der Waals surface area contributed by atoms with Crippen molar-refractivity contribution in [3.05, 3.63) is 23.6 Å². The van der Waals surface area contributed by atoms with Crippen LogP contribution in [0.4, 0.5) is 0 Å². The van der Waals surface area contributed by atoms with Crippen LogP contribution in [-0.2, 0) is 21.1 Å². The van der Waals surface area contributed by atoms with Crippen molar-refractivity contribution in [2.45, 2.75) is 37.4 Å². The molecule has 1 aromatic heterocycles. The summed E-state index contributed by atoms with van der Waals surface area (Å²) in [5.41, 5.74) is 1.99. The standard InChI is InChI=1S/C14H20N2O5S/c1-14(13(17)15-18,22(2,19)20)8-7-11-9-12(21-16-11)6-5-10-3-4-10/h5-6,9-10,18H,3-4,7-8H2,1-2H3,(H,15,17)/b6-5+. The highest BCUT2D eigenvalue weighted by Gasteiger charge is 2.43. The number of hydroxylamine groups is 1. The summed E-state index contributed by atoms with van der Waals surface area (Å²) in [6.45, 7) is 1.28. The minimum absolute atomic E-state index is 0.00343. The van der Waals surface area contributed by atoms with Crippen molar-refractivity contribution in [1.29, 1.82) is 0 Å². The molecule has 7 nitrogen and oxygen atoms in total. The Morgan fingerprint density at radius 1 is 1.59 bits per heavy atom. The lowest BCUT2D eigenvalue weighted by molar-refractivity contribution is -0.131. The number of aromatic nitrogens is 1. The highest BCUT2D eigenvalue weighted by atomic mass is 32.2. The zero-order chi connectivity index (χ0) is 16.4. The summed E-state index contributed by atoms with van der Waals surface area (Å²) in [6, 6.07) is 1.72. The van der Waals surface area contributed by atoms with Gasteiger partial charge in [0.15, 0.2) is 15.6 Å². The molecule has 0 spiro atoms. The molecule has 1 unspecified atom stereocenters. The summed E-state index contributed by atoms with van der Waals surface area (Å²) in [5.74, 6) is 0.275. The van der Waals surface area contributed by atoms with Gasteiger partial charge in [-0.2, -0.15) is 0 Å². The summed E-state index contributed by atoms with van der Waals surface area (Å²) in [4.78, 5) is 11.7. The van der Waals surface area contributed by atoms with Crippen LogP contribution in [0.1, 0.15) is 37.6 Å². The summed E-state index contributed by atoms with van der Waals surface area (Å²) < 4.78 is 27.1. The number of rotatable bonds is 7. The Morgan fingerprint density at radius 2 is 2.27 bits per heavy atom. The molecule has 0 radical (unpaired) electrons. The van der Waals surface area contributed by atoms with E-state index in [-0.39, 0.29) is 12.8 Å². The molecule has 1 fully saturated rings. The van der Waals surface area contributed by atoms with E-state index in [1.807, 2.05) is 6.08 Å². The van der Waals surface area contributed by atoms with Gasteiger partial charge in [-0.3, -0.25) is 10.0 Å². The number of sulfone groups is 1. The molecule has 0 saturated heterocycles. The number of nitrogens with one attached hydrogen (secondary N) is 1. The van der Waals surface area contributed by atoms with Gasteiger partial charge in [0.1, 0.15) is 4.75 Å². The van der Waals surface area contributed by atoms with Crippen molar-refractivity contribution in [2.24, 2.45) is 5.92 Å². The summed E-state index contributed by atoms with van der Waals surface area (Å²) >= 11 is 0. The number of hydrogen-bond acceptors (Lipinski definition) is 6. The molecule has 1 atom stereocenters. The van der Waals surface area contributed by atoms with Crippen molar-refractivity contribution >= 4 is 21.8 Å². The predicted octanol–water partition coefficient (Wildman–Crippen LogP) is 1.34. The van der Waals surface area contributed by atoms with Crippen LogP contribution in [0.2, 0.25) is 0 Å². The summed E-state index contributed by atoms with van der Waals surface area (Å²) in [7, 11) is -3.70. The molecule has 0 aromatic carbocycles. The molecule has 0 bridgehead atoms. The predicted molar refractivity (Wildman–Crippen MR) is 79.8 cm³/mol. The summed E-state index contributed by atoms with van der Waals surface area (Å²) in [6.07, 6.45) is 7.51. The van der Waals surface area contributed by atoms with E-state index in [0.717, 1.165) is 6.26 Å². The van der Waals surface area contributed by atoms with Crippen molar-refractivity contribution in [3.63, 3.8) is 0 Å². The molecule has 1 aliphatic carbocycles. The van der Waals surface area contributed by atoms with Gasteiger partial charge in [0.2, 0.25) is 0 Å². The first-order valence-corrected chi connectivity index (χ1v) is 8.93. The molecule has 1 amide bonds. The van der Waals surface area contributed by atoms with Gasteiger partial charge in [-0.05, 0) is 44.6 Å². The fourth-order valence-electron chi connectivity index (χ4n) is 2.00. The molecule has 1 saturated carbocycles. The van der Waals surface area contributed by atoms with Crippen LogP contribution in [0.15, 0.2) is 16.7 Å². The van der Waals surface area contributed by atoms with Gasteiger partial charge in [-0.15, -0.1) is 0 Å². The largest absolute Gasteiger partial charge is 0.357 e. The Bertz CT molecular complexity index is 675. The van der Waals surface area contributed by atoms with Gasteiger partial charge in [0.05, 0.1) is 5.69 Å². The monoisotopic (exact) mass is 328 g/mol. The second kappa shape index (κ2) is 6.21. The lowest BCUT2D eigenvalue weighted by atomic mass is 10.0. The van der Waals surface area contributed by atoms with Crippen LogP contribution in [0.3, 0.4) is 0 Å². The van der Waals surface area contributed by atoms with E-state index in [1.54, 1.807) is 6.07 Å². The van der Waals surface area contributed by atoms with Crippen molar-refractivity contribution < 1.29 is 22.9 Å². The second-order valence-corrected chi connectivity index (χ2v) is 8.31. The fraction of sp³-hybridized carbons (Fsp3) is 0.571. The molecule has 1 heterocycles. The maximum Gasteiger partial charge on any atom is 0.264 e. The molecule has 122 valence electrons. The van der Waals surface area contributed by atoms with E-state index in [9.17, 15) is 13.2 Å². The average Bonchev–Trinajstić information content (AvgIpc) is 3.18. The lowest BCUT2D eigenvalue weighted by Gasteiger charge is -2.24. The second-order valence-electron chi connectivity index (χ2n) is 5.86. The first-order chi connectivity index (χ1) is 10.3. The molecule has 0 aliphatic heterocycles. The third-order valence-corrected chi connectivity index (χ3v) is 6.02. The van der Waals surface area contributed by atoms with Gasteiger partial charge in [0, 0.05) is 12.3 Å². The van der Waals surface area contributed by atoms with Gasteiger partial charge in [-0.25, -0.2) is 13.9 Å². The lowest BCUT2D eigenvalue weighted by Crippen LogP contribution is -2.49. The first-order valence-electron chi connectivity index (χ1n) is 7.04. The number of hydrogen-bond donors (Lipinski definition) is 2. The third-order valence-electron chi connectivity index (χ3n) is 3.99. The van der Waals surface area contributed by atoms with E-state index in [2.05, 4.69) is 11.2 Å². The topological polar surface area (TPSA) is 110 Å². The molecule has 2 rings (SSSR count). The minimum Gasteiger partial charge on any atom is -0.357 e. The Hall–Kier alpha value is -1.67. The highest BCUT2D eigenvalue weighted by Crippen LogP contribution is 2.31. The number of carbonyl (C=O) groups excluding carboxylic acids is 1. The Balaban J connectivity index is 2.04. The smallest absolute Gasteiger partial charge is 0.264 e. The van der Waals surface area contributed by atoms with Gasteiger partial charge in [0.25, 0.3) is 5.91 Å². The van der Waals surface area contributed by atoms with Crippen LogP contribution < -0.4 is 5.48 Å². The molecule has 1 aromatic rings. The number of aryl methyl sites for hydroxylation is 1. The zero-order valence-corrected chi connectivity index (χ0v) is 13.4. The van der Waals surface area contributed by atoms with E-state index >= 15 is 0 Å². The normalized spacial score (nSPS) is 18.3. The van der Waals surface area contributed by atoms with Gasteiger partial charge in [-0.1, -0.05) is 11.2 Å². The third kappa shape index (κ3) is 3.75. The summed E-state index contributed by atoms with van der Waals surface area (Å²) in [5, 5.41) is 12.6. The Labute approximate surface area is 129 Å². The number of nitrogens with zero attached hydrogens (tertiary/aromatic N) is 1. The van der Waals surface area contributed by atoms with Gasteiger partial charge >= 0.3 is 0 Å². The first kappa shape index (κ1) is 16.7. The van der Waals surface area contributed by atoms with Crippen molar-refractivity contribution in [3.8, 4) is 0 Å².